The Kier molecular flexibility index (Phi) is 6.56. The van der Waals surface area contributed by atoms with Crippen LogP contribution in [-0.4, -0.2) is 31.2 Å². The molecular formula is C29H28O4Si. The number of ether oxygens (including phenoxy) is 2. The normalized spacial score (nSPS) is 19.1. The summed E-state index contributed by atoms with van der Waals surface area (Å²) in [5, 5.41) is 3.31. The summed E-state index contributed by atoms with van der Waals surface area (Å²) in [6.45, 7) is 4.89. The number of Topliss-reactive ketones (excluding diaryl/α,β-unsaturated/α-hetero) is 1. The Morgan fingerprint density at radius 3 is 1.62 bits per heavy atom. The van der Waals surface area contributed by atoms with E-state index >= 15 is 0 Å². The fraction of sp³-hybridized carbons (Fsp3) is 0.241. The van der Waals surface area contributed by atoms with E-state index in [2.05, 4.69) is 47.9 Å². The van der Waals surface area contributed by atoms with Gasteiger partial charge in [-0.3, -0.25) is 0 Å². The van der Waals surface area contributed by atoms with Gasteiger partial charge in [-0.25, -0.2) is 4.79 Å². The Labute approximate surface area is 201 Å². The van der Waals surface area contributed by atoms with Crippen LogP contribution in [0.5, 0.6) is 0 Å². The summed E-state index contributed by atoms with van der Waals surface area (Å²) >= 11 is 0. The predicted octanol–water partition coefficient (Wildman–Crippen LogP) is 3.12. The molecule has 5 heteroatoms. The molecule has 0 amide bonds. The van der Waals surface area contributed by atoms with Crippen molar-refractivity contribution in [2.75, 3.05) is 0 Å². The van der Waals surface area contributed by atoms with Crippen molar-refractivity contribution in [3.8, 4) is 11.5 Å². The Morgan fingerprint density at radius 2 is 1.26 bits per heavy atom. The molecule has 1 saturated heterocycles. The van der Waals surface area contributed by atoms with Gasteiger partial charge in [0, 0.05) is 26.7 Å². The molecule has 0 bridgehead atoms. The summed E-state index contributed by atoms with van der Waals surface area (Å²) in [6.07, 6.45) is 0.330. The number of cyclic esters (lactones) is 1. The quantitative estimate of drug-likeness (QED) is 0.241. The first-order valence-electron chi connectivity index (χ1n) is 11.4. The first kappa shape index (κ1) is 23.7. The van der Waals surface area contributed by atoms with Crippen LogP contribution in [0.1, 0.15) is 33.6 Å². The van der Waals surface area contributed by atoms with Gasteiger partial charge in [-0.05, 0) is 22.5 Å². The lowest BCUT2D eigenvalue weighted by atomic mass is 9.97. The van der Waals surface area contributed by atoms with E-state index in [9.17, 15) is 9.59 Å². The second kappa shape index (κ2) is 9.42. The van der Waals surface area contributed by atoms with Crippen LogP contribution in [0.4, 0.5) is 0 Å². The molecule has 1 atom stereocenters. The number of esters is 1. The first-order valence-corrected chi connectivity index (χ1v) is 13.4. The minimum Gasteiger partial charge on any atom is -0.431 e. The zero-order valence-electron chi connectivity index (χ0n) is 19.7. The molecule has 1 heterocycles. The van der Waals surface area contributed by atoms with Crippen molar-refractivity contribution in [2.45, 2.75) is 45.0 Å². The summed E-state index contributed by atoms with van der Waals surface area (Å²) in [6, 6.07) is 30.6. The molecule has 0 spiro atoms. The van der Waals surface area contributed by atoms with Crippen molar-refractivity contribution in [3.05, 3.63) is 91.0 Å². The molecule has 0 unspecified atom stereocenters. The van der Waals surface area contributed by atoms with E-state index < -0.39 is 25.4 Å². The molecule has 4 rings (SSSR count). The van der Waals surface area contributed by atoms with Gasteiger partial charge in [0.05, 0.1) is 0 Å². The molecule has 0 saturated carbocycles. The van der Waals surface area contributed by atoms with Gasteiger partial charge < -0.3 is 14.3 Å². The molecule has 3 aromatic rings. The molecule has 1 fully saturated rings. The highest BCUT2D eigenvalue weighted by molar-refractivity contribution is 7.16. The highest BCUT2D eigenvalue weighted by atomic mass is 28.3. The number of carbonyl (C=O) groups excluding carboxylic acids is 2. The van der Waals surface area contributed by atoms with E-state index in [1.54, 1.807) is 13.8 Å². The second-order valence-electron chi connectivity index (χ2n) is 9.02. The molecule has 0 aromatic heterocycles. The number of carbonyl (C=O) groups is 2. The van der Waals surface area contributed by atoms with Crippen LogP contribution < -0.4 is 15.6 Å². The van der Waals surface area contributed by atoms with E-state index in [0.717, 1.165) is 15.6 Å². The summed E-state index contributed by atoms with van der Waals surface area (Å²) < 4.78 is 11.6. The maximum atomic E-state index is 13.1. The highest BCUT2D eigenvalue weighted by Gasteiger charge is 2.53. The SMILES string of the molecule is CC(=O)CC[C@]1(C#C[Si](c2ccccc2)(c2ccccc2)c2ccccc2)OC(C)(C)OC1=O. The van der Waals surface area contributed by atoms with E-state index in [4.69, 9.17) is 9.47 Å². The smallest absolute Gasteiger partial charge is 0.353 e. The average Bonchev–Trinajstić information content (AvgIpc) is 3.08. The molecule has 34 heavy (non-hydrogen) atoms. The van der Waals surface area contributed by atoms with Crippen LogP contribution >= 0.6 is 0 Å². The molecule has 0 aliphatic carbocycles. The lowest BCUT2D eigenvalue weighted by molar-refractivity contribution is -0.163. The van der Waals surface area contributed by atoms with E-state index in [1.165, 1.54) is 6.92 Å². The monoisotopic (exact) mass is 468 g/mol. The van der Waals surface area contributed by atoms with E-state index in [1.807, 2.05) is 54.6 Å². The second-order valence-corrected chi connectivity index (χ2v) is 12.5. The zero-order valence-corrected chi connectivity index (χ0v) is 20.7. The van der Waals surface area contributed by atoms with Crippen LogP contribution in [0.25, 0.3) is 0 Å². The predicted molar refractivity (Wildman–Crippen MR) is 136 cm³/mol. The van der Waals surface area contributed by atoms with Gasteiger partial charge in [0.1, 0.15) is 5.78 Å². The lowest BCUT2D eigenvalue weighted by Gasteiger charge is -2.29. The van der Waals surface area contributed by atoms with E-state index in [0.29, 0.717) is 0 Å². The van der Waals surface area contributed by atoms with Gasteiger partial charge in [0.25, 0.3) is 0 Å². The van der Waals surface area contributed by atoms with Crippen LogP contribution in [0, 0.1) is 11.5 Å². The maximum absolute atomic E-state index is 13.1. The molecule has 0 N–H and O–H groups in total. The fourth-order valence-corrected chi connectivity index (χ4v) is 8.31. The highest BCUT2D eigenvalue weighted by Crippen LogP contribution is 2.35. The van der Waals surface area contributed by atoms with Crippen molar-refractivity contribution in [1.82, 2.24) is 0 Å². The first-order chi connectivity index (χ1) is 16.3. The molecule has 0 radical (unpaired) electrons. The Hall–Kier alpha value is -3.46. The fourth-order valence-electron chi connectivity index (χ4n) is 4.41. The van der Waals surface area contributed by atoms with Crippen molar-refractivity contribution in [2.24, 2.45) is 0 Å². The van der Waals surface area contributed by atoms with Crippen LogP contribution in [0.15, 0.2) is 91.0 Å². The zero-order chi connectivity index (χ0) is 24.2. The summed E-state index contributed by atoms with van der Waals surface area (Å²) in [4.78, 5) is 24.9. The topological polar surface area (TPSA) is 52.6 Å². The van der Waals surface area contributed by atoms with Gasteiger partial charge in [-0.1, -0.05) is 96.9 Å². The maximum Gasteiger partial charge on any atom is 0.353 e. The Morgan fingerprint density at radius 1 is 0.824 bits per heavy atom. The van der Waals surface area contributed by atoms with E-state index in [-0.39, 0.29) is 18.6 Å². The van der Waals surface area contributed by atoms with Crippen molar-refractivity contribution in [1.29, 1.82) is 0 Å². The Balaban J connectivity index is 1.99. The van der Waals surface area contributed by atoms with Crippen molar-refractivity contribution in [3.63, 3.8) is 0 Å². The summed E-state index contributed by atoms with van der Waals surface area (Å²) in [7, 11) is -2.90. The van der Waals surface area contributed by atoms with Crippen LogP contribution in [0.3, 0.4) is 0 Å². The number of hydrogen-bond acceptors (Lipinski definition) is 4. The lowest BCUT2D eigenvalue weighted by Crippen LogP contribution is -2.66. The van der Waals surface area contributed by atoms with Crippen molar-refractivity contribution >= 4 is 35.4 Å². The average molecular weight is 469 g/mol. The van der Waals surface area contributed by atoms with Crippen LogP contribution in [-0.2, 0) is 19.1 Å². The molecule has 1 aliphatic heterocycles. The molecule has 3 aromatic carbocycles. The van der Waals surface area contributed by atoms with Gasteiger partial charge >= 0.3 is 5.97 Å². The Bertz CT molecular complexity index is 1130. The van der Waals surface area contributed by atoms with Gasteiger partial charge in [-0.2, -0.15) is 0 Å². The number of hydrogen-bond donors (Lipinski definition) is 0. The standard InChI is InChI=1S/C29H28O4Si/c1-23(30)19-20-29(27(31)32-28(2,3)33-29)21-22-34(24-13-7-4-8-14-24,25-15-9-5-10-16-25)26-17-11-6-12-18-26/h4-18H,19-20H2,1-3H3/t29-/m1/s1. The number of benzene rings is 3. The minimum absolute atomic E-state index is 0.0278. The summed E-state index contributed by atoms with van der Waals surface area (Å²) in [5.74, 6) is 1.58. The molecular weight excluding hydrogens is 440 g/mol. The van der Waals surface area contributed by atoms with Crippen LogP contribution in [0.2, 0.25) is 0 Å². The number of ketones is 1. The largest absolute Gasteiger partial charge is 0.431 e. The minimum atomic E-state index is -2.90. The van der Waals surface area contributed by atoms with Gasteiger partial charge in [-0.15, -0.1) is 5.54 Å². The summed E-state index contributed by atoms with van der Waals surface area (Å²) in [5.41, 5.74) is 2.11. The molecule has 4 nitrogen and oxygen atoms in total. The third kappa shape index (κ3) is 4.61. The molecule has 172 valence electrons. The number of rotatable bonds is 6. The van der Waals surface area contributed by atoms with Gasteiger partial charge in [0.2, 0.25) is 19.5 Å². The third-order valence-electron chi connectivity index (χ3n) is 5.99. The molecule has 1 aliphatic rings. The third-order valence-corrected chi connectivity index (χ3v) is 10.1. The van der Waals surface area contributed by atoms with Gasteiger partial charge in [0.15, 0.2) is 0 Å². The van der Waals surface area contributed by atoms with Crippen molar-refractivity contribution < 1.29 is 19.1 Å².